The minimum absolute atomic E-state index is 0.0303. The molecule has 0 bridgehead atoms. The molecule has 27 heavy (non-hydrogen) atoms. The third-order valence-electron chi connectivity index (χ3n) is 6.74. The van der Waals surface area contributed by atoms with Gasteiger partial charge in [0.25, 0.3) is 5.91 Å². The highest BCUT2D eigenvalue weighted by Crippen LogP contribution is 2.43. The summed E-state index contributed by atoms with van der Waals surface area (Å²) in [7, 11) is 0. The zero-order valence-corrected chi connectivity index (χ0v) is 16.8. The maximum Gasteiger partial charge on any atom is 0.251 e. The second-order valence-corrected chi connectivity index (χ2v) is 9.35. The number of hydrogen-bond donors (Lipinski definition) is 1. The average molecular weight is 389 g/mol. The van der Waals surface area contributed by atoms with Crippen molar-refractivity contribution >= 4 is 17.5 Å². The Morgan fingerprint density at radius 1 is 1.00 bits per heavy atom. The first kappa shape index (κ1) is 17.8. The number of fused-ring (bicyclic) bond motifs is 1. The van der Waals surface area contributed by atoms with Crippen molar-refractivity contribution in [3.05, 3.63) is 28.3 Å². The zero-order valence-electron chi connectivity index (χ0n) is 16.0. The normalized spacial score (nSPS) is 30.8. The highest BCUT2D eigenvalue weighted by Gasteiger charge is 2.43. The zero-order chi connectivity index (χ0) is 18.5. The molecule has 4 aliphatic rings. The lowest BCUT2D eigenvalue weighted by Crippen LogP contribution is -2.42. The molecule has 0 aromatic heterocycles. The Labute approximate surface area is 166 Å². The van der Waals surface area contributed by atoms with E-state index < -0.39 is 0 Å². The summed E-state index contributed by atoms with van der Waals surface area (Å²) in [6.07, 6.45) is 10.5. The van der Waals surface area contributed by atoms with Crippen LogP contribution in [0.1, 0.15) is 80.1 Å². The lowest BCUT2D eigenvalue weighted by Gasteiger charge is -2.37. The minimum Gasteiger partial charge on any atom is -0.489 e. The van der Waals surface area contributed by atoms with Crippen molar-refractivity contribution in [1.82, 2.24) is 10.2 Å². The number of halogens is 1. The van der Waals surface area contributed by atoms with Gasteiger partial charge in [0.15, 0.2) is 0 Å². The number of ether oxygens (including phenoxy) is 1. The number of carbonyl (C=O) groups is 1. The number of amides is 1. The summed E-state index contributed by atoms with van der Waals surface area (Å²) >= 11 is 6.46. The Balaban J connectivity index is 1.25. The van der Waals surface area contributed by atoms with E-state index in [2.05, 4.69) is 17.1 Å². The molecular weight excluding hydrogens is 360 g/mol. The number of carbonyl (C=O) groups excluding carboxylic acids is 1. The average Bonchev–Trinajstić information content (AvgIpc) is 3.56. The van der Waals surface area contributed by atoms with E-state index in [-0.39, 0.29) is 12.0 Å². The molecule has 1 N–H and O–H groups in total. The predicted octanol–water partition coefficient (Wildman–Crippen LogP) is 4.50. The van der Waals surface area contributed by atoms with Gasteiger partial charge in [-0.3, -0.25) is 9.69 Å². The lowest BCUT2D eigenvalue weighted by atomic mass is 9.90. The van der Waals surface area contributed by atoms with Crippen molar-refractivity contribution < 1.29 is 9.53 Å². The first-order chi connectivity index (χ1) is 13.1. The molecule has 1 amide bonds. The molecule has 0 saturated heterocycles. The lowest BCUT2D eigenvalue weighted by molar-refractivity contribution is 0.0787. The van der Waals surface area contributed by atoms with Crippen molar-refractivity contribution in [2.24, 2.45) is 0 Å². The molecule has 4 nitrogen and oxygen atoms in total. The maximum atomic E-state index is 12.1. The van der Waals surface area contributed by atoms with Gasteiger partial charge in [0, 0.05) is 30.2 Å². The largest absolute Gasteiger partial charge is 0.489 e. The Morgan fingerprint density at radius 3 is 2.19 bits per heavy atom. The Hall–Kier alpha value is -1.26. The van der Waals surface area contributed by atoms with Crippen molar-refractivity contribution in [3.63, 3.8) is 0 Å². The molecule has 5 heteroatoms. The standard InChI is InChI=1S/C22H29ClN2O2/c1-13-12-24-22(26)19-10-20(23)21(11-18(13)19)27-17-8-6-16(7-9-17)25(14-2-3-14)15-4-5-15/h10-11,13-17H,2-9,12H2,1H3,(H,24,26). The molecule has 1 atom stereocenters. The summed E-state index contributed by atoms with van der Waals surface area (Å²) in [6.45, 7) is 2.81. The second-order valence-electron chi connectivity index (χ2n) is 8.94. The van der Waals surface area contributed by atoms with Crippen LogP contribution >= 0.6 is 11.6 Å². The van der Waals surface area contributed by atoms with Crippen LogP contribution in [0.3, 0.4) is 0 Å². The molecule has 3 fully saturated rings. The molecule has 146 valence electrons. The number of nitrogens with one attached hydrogen (secondary N) is 1. The molecule has 3 aliphatic carbocycles. The van der Waals surface area contributed by atoms with Gasteiger partial charge in [-0.05, 0) is 75.0 Å². The van der Waals surface area contributed by atoms with Crippen LogP contribution in [0.5, 0.6) is 5.75 Å². The van der Waals surface area contributed by atoms with E-state index in [0.29, 0.717) is 23.0 Å². The summed E-state index contributed by atoms with van der Waals surface area (Å²) in [4.78, 5) is 14.9. The molecule has 1 aromatic carbocycles. The SMILES string of the molecule is CC1CNC(=O)c2cc(Cl)c(OC3CCC(N(C4CC4)C4CC4)CC3)cc21. The van der Waals surface area contributed by atoms with Crippen LogP contribution in [-0.2, 0) is 0 Å². The van der Waals surface area contributed by atoms with Gasteiger partial charge in [-0.15, -0.1) is 0 Å². The molecule has 1 aliphatic heterocycles. The van der Waals surface area contributed by atoms with Crippen LogP contribution in [0.2, 0.25) is 5.02 Å². The van der Waals surface area contributed by atoms with Gasteiger partial charge in [-0.2, -0.15) is 0 Å². The van der Waals surface area contributed by atoms with E-state index in [1.165, 1.54) is 38.5 Å². The topological polar surface area (TPSA) is 41.6 Å². The smallest absolute Gasteiger partial charge is 0.251 e. The van der Waals surface area contributed by atoms with Gasteiger partial charge >= 0.3 is 0 Å². The number of nitrogens with zero attached hydrogens (tertiary/aromatic N) is 1. The van der Waals surface area contributed by atoms with Crippen LogP contribution in [0, 0.1) is 0 Å². The van der Waals surface area contributed by atoms with Crippen LogP contribution in [0.4, 0.5) is 0 Å². The first-order valence-corrected chi connectivity index (χ1v) is 11.0. The van der Waals surface area contributed by atoms with Gasteiger partial charge in [0.2, 0.25) is 0 Å². The van der Waals surface area contributed by atoms with Crippen molar-refractivity contribution in [1.29, 1.82) is 0 Å². The molecule has 1 aromatic rings. The number of benzene rings is 1. The fraction of sp³-hybridized carbons (Fsp3) is 0.682. The minimum atomic E-state index is -0.0303. The first-order valence-electron chi connectivity index (χ1n) is 10.7. The van der Waals surface area contributed by atoms with E-state index in [9.17, 15) is 4.79 Å². The van der Waals surface area contributed by atoms with Crippen molar-refractivity contribution in [2.45, 2.75) is 88.4 Å². The summed E-state index contributed by atoms with van der Waals surface area (Å²) in [5, 5.41) is 3.47. The number of rotatable bonds is 5. The maximum absolute atomic E-state index is 12.1. The molecule has 0 radical (unpaired) electrons. The van der Waals surface area contributed by atoms with Gasteiger partial charge in [-0.1, -0.05) is 18.5 Å². The van der Waals surface area contributed by atoms with E-state index in [0.717, 1.165) is 42.3 Å². The molecule has 3 saturated carbocycles. The second kappa shape index (κ2) is 6.97. The third kappa shape index (κ3) is 3.58. The monoisotopic (exact) mass is 388 g/mol. The van der Waals surface area contributed by atoms with E-state index in [1.807, 2.05) is 6.07 Å². The van der Waals surface area contributed by atoms with Crippen LogP contribution in [0.15, 0.2) is 12.1 Å². The molecule has 1 heterocycles. The quantitative estimate of drug-likeness (QED) is 0.807. The van der Waals surface area contributed by atoms with E-state index in [1.54, 1.807) is 6.07 Å². The third-order valence-corrected chi connectivity index (χ3v) is 7.04. The van der Waals surface area contributed by atoms with Gasteiger partial charge in [0.05, 0.1) is 11.1 Å². The fourth-order valence-electron chi connectivity index (χ4n) is 5.00. The Kier molecular flexibility index (Phi) is 4.60. The molecule has 5 rings (SSSR count). The summed E-state index contributed by atoms with van der Waals surface area (Å²) < 4.78 is 6.33. The van der Waals surface area contributed by atoms with E-state index in [4.69, 9.17) is 16.3 Å². The Bertz CT molecular complexity index is 724. The molecule has 0 spiro atoms. The molecule has 1 unspecified atom stereocenters. The van der Waals surface area contributed by atoms with Crippen LogP contribution in [0.25, 0.3) is 0 Å². The summed E-state index contributed by atoms with van der Waals surface area (Å²) in [6, 6.07) is 6.30. The number of hydrogen-bond acceptors (Lipinski definition) is 3. The fourth-order valence-corrected chi connectivity index (χ4v) is 5.20. The van der Waals surface area contributed by atoms with Crippen LogP contribution < -0.4 is 10.1 Å². The van der Waals surface area contributed by atoms with Crippen molar-refractivity contribution in [2.75, 3.05) is 6.54 Å². The highest BCUT2D eigenvalue weighted by molar-refractivity contribution is 6.32. The van der Waals surface area contributed by atoms with E-state index >= 15 is 0 Å². The predicted molar refractivity (Wildman–Crippen MR) is 107 cm³/mol. The summed E-state index contributed by atoms with van der Waals surface area (Å²) in [5.74, 6) is 1.01. The Morgan fingerprint density at radius 2 is 1.59 bits per heavy atom. The van der Waals surface area contributed by atoms with Gasteiger partial charge in [-0.25, -0.2) is 0 Å². The van der Waals surface area contributed by atoms with Gasteiger partial charge < -0.3 is 10.1 Å². The van der Waals surface area contributed by atoms with Crippen LogP contribution in [-0.4, -0.2) is 41.6 Å². The summed E-state index contributed by atoms with van der Waals surface area (Å²) in [5.41, 5.74) is 1.75. The van der Waals surface area contributed by atoms with Gasteiger partial charge in [0.1, 0.15) is 5.75 Å². The van der Waals surface area contributed by atoms with Crippen molar-refractivity contribution in [3.8, 4) is 5.75 Å². The highest BCUT2D eigenvalue weighted by atomic mass is 35.5. The molecular formula is C22H29ClN2O2.